The molecule has 0 fully saturated rings. The zero-order chi connectivity index (χ0) is 23.3. The van der Waals surface area contributed by atoms with E-state index >= 15 is 0 Å². The maximum absolute atomic E-state index is 6.82. The molecule has 0 amide bonds. The van der Waals surface area contributed by atoms with Gasteiger partial charge >= 0.3 is 56.4 Å². The van der Waals surface area contributed by atoms with Crippen molar-refractivity contribution in [2.75, 3.05) is 39.3 Å². The Labute approximate surface area is 247 Å². The number of unbranched alkanes of at least 4 members (excludes halogenated alkanes) is 8. The summed E-state index contributed by atoms with van der Waals surface area (Å²) in [6, 6.07) is 0. The van der Waals surface area contributed by atoms with Crippen molar-refractivity contribution in [2.24, 2.45) is 0 Å². The van der Waals surface area contributed by atoms with Gasteiger partial charge in [0, 0.05) is 16.8 Å². The smallest absolute Gasteiger partial charge is 0 e. The molecule has 0 atom stereocenters. The van der Waals surface area contributed by atoms with Crippen molar-refractivity contribution in [3.05, 3.63) is 72.9 Å². The molecule has 0 rings (SSSR count). The summed E-state index contributed by atoms with van der Waals surface area (Å²) < 4.78 is 0. The van der Waals surface area contributed by atoms with Gasteiger partial charge in [0.05, 0.1) is 0 Å². The van der Waals surface area contributed by atoms with Crippen LogP contribution < -0.4 is 0 Å². The van der Waals surface area contributed by atoms with E-state index in [1.807, 2.05) is 0 Å². The Morgan fingerprint density at radius 3 is 0.697 bits per heavy atom. The van der Waals surface area contributed by atoms with Crippen LogP contribution >= 0.6 is 18.8 Å². The molecule has 0 bridgehead atoms. The third-order valence-corrected chi connectivity index (χ3v) is 2.60. The first-order chi connectivity index (χ1) is 13.7. The predicted molar refractivity (Wildman–Crippen MR) is 145 cm³/mol. The number of hydrogen-bond donors (Lipinski definition) is 0. The second kappa shape index (κ2) is 114. The van der Waals surface area contributed by atoms with Crippen molar-refractivity contribution in [3.8, 4) is 0 Å². The minimum absolute atomic E-state index is 0. The Morgan fingerprint density at radius 1 is 0.394 bits per heavy atom. The van der Waals surface area contributed by atoms with Gasteiger partial charge in [-0.05, 0) is 0 Å². The summed E-state index contributed by atoms with van der Waals surface area (Å²) >= 11 is 3.22. The predicted octanol–water partition coefficient (Wildman–Crippen LogP) is 12.1. The quantitative estimate of drug-likeness (QED) is 0.130. The first-order valence-electron chi connectivity index (χ1n) is 9.36. The first-order valence-corrected chi connectivity index (χ1v) is 15.0. The molecule has 0 aliphatic rings. The average Bonchev–Trinajstić information content (AvgIpc) is 2.78. The molecule has 0 spiro atoms. The number of nitrogens with two attached hydrogens (primary N) is 4. The van der Waals surface area contributed by atoms with Gasteiger partial charge in [0.2, 0.25) is 0 Å². The molecule has 0 saturated carbocycles. The number of nitrogens with one attached hydrogen (secondary N) is 6. The van der Waals surface area contributed by atoms with Gasteiger partial charge in [-0.3, -0.25) is 0 Å². The van der Waals surface area contributed by atoms with Crippen LogP contribution in [-0.4, -0.2) is 39.3 Å². The zero-order valence-electron chi connectivity index (χ0n) is 19.8. The molecule has 0 unspecified atom stereocenters. The molecule has 1 radical (unpaired) electrons. The summed E-state index contributed by atoms with van der Waals surface area (Å²) in [5, 5.41) is 0. The fraction of sp³-hybridized carbons (Fsp3) is 0.889. The normalized spacial score (nSPS) is 6.97. The second-order valence-electron chi connectivity index (χ2n) is 5.04. The van der Waals surface area contributed by atoms with E-state index in [-0.39, 0.29) is 67.6 Å². The molecule has 227 valence electrons. The molecule has 0 aromatic carbocycles. The van der Waals surface area contributed by atoms with Crippen molar-refractivity contribution < 1.29 is 54.3 Å². The molecular weight excluding hydrogens is 876 g/mol. The van der Waals surface area contributed by atoms with Crippen molar-refractivity contribution in [1.29, 1.82) is 0 Å². The van der Waals surface area contributed by atoms with Gasteiger partial charge in [-0.25, -0.2) is 0 Å². The van der Waals surface area contributed by atoms with E-state index in [0.29, 0.717) is 13.1 Å². The Hall–Kier alpha value is 2.06. The second-order valence-corrected chi connectivity index (χ2v) is 5.04. The fourth-order valence-corrected chi connectivity index (χ4v) is 1.31. The SMILES string of the molecule is [CH2-]CCCCCC[NH-].[CH2-]CCCCCC[NH-].[Cl][Pt].[Cl][Pt].[Co].[NH-]CC[NH-].[NH-]CC[NH-].[NH2-].[NH2-].[NH2-].[NH2-]. The Morgan fingerprint density at radius 2 is 0.576 bits per heavy atom. The molecule has 0 aromatic rings. The molecule has 0 heterocycles. The van der Waals surface area contributed by atoms with Gasteiger partial charge in [0.15, 0.2) is 0 Å². The van der Waals surface area contributed by atoms with Crippen molar-refractivity contribution in [1.82, 2.24) is 0 Å². The van der Waals surface area contributed by atoms with Crippen LogP contribution in [0.4, 0.5) is 0 Å². The van der Waals surface area contributed by atoms with Crippen LogP contribution in [0.5, 0.6) is 0 Å². The topological polar surface area (TPSA) is 277 Å². The Bertz CT molecular complexity index is 150. The molecule has 33 heavy (non-hydrogen) atoms. The minimum atomic E-state index is 0. The van der Waals surface area contributed by atoms with Crippen LogP contribution in [-0.2, 0) is 54.3 Å². The molecule has 0 aliphatic carbocycles. The molecule has 0 aliphatic heterocycles. The van der Waals surface area contributed by atoms with Crippen LogP contribution in [0.1, 0.15) is 64.2 Å². The third kappa shape index (κ3) is 177. The van der Waals surface area contributed by atoms with Crippen LogP contribution in [0.15, 0.2) is 0 Å². The third-order valence-electron chi connectivity index (χ3n) is 2.60. The van der Waals surface area contributed by atoms with Gasteiger partial charge < -0.3 is 72.9 Å². The minimum Gasteiger partial charge on any atom is -0.693 e. The summed E-state index contributed by atoms with van der Waals surface area (Å²) in [7, 11) is 9.22. The van der Waals surface area contributed by atoms with Gasteiger partial charge in [-0.15, -0.1) is 0 Å². The van der Waals surface area contributed by atoms with Crippen LogP contribution in [0.2, 0.25) is 0 Å². The summed E-state index contributed by atoms with van der Waals surface area (Å²) in [4.78, 5) is 0. The monoisotopic (exact) mass is 925 g/mol. The maximum Gasteiger partial charge on any atom is 0 e. The zero-order valence-corrected chi connectivity index (χ0v) is 26.9. The molecule has 0 aromatic heterocycles. The molecule has 14 N–H and O–H groups in total. The van der Waals surface area contributed by atoms with Gasteiger partial charge in [0.25, 0.3) is 0 Å². The van der Waals surface area contributed by atoms with Crippen molar-refractivity contribution in [2.45, 2.75) is 64.2 Å². The van der Waals surface area contributed by atoms with E-state index in [0.717, 1.165) is 25.7 Å². The summed E-state index contributed by atoms with van der Waals surface area (Å²) in [5.74, 6) is 0. The van der Waals surface area contributed by atoms with Gasteiger partial charge in [0.1, 0.15) is 0 Å². The van der Waals surface area contributed by atoms with Crippen LogP contribution in [0.25, 0.3) is 59.0 Å². The van der Waals surface area contributed by atoms with Crippen molar-refractivity contribution in [3.63, 3.8) is 0 Å². The van der Waals surface area contributed by atoms with Gasteiger partial charge in [-0.1, -0.05) is 51.4 Å². The molecule has 0 saturated heterocycles. The van der Waals surface area contributed by atoms with E-state index < -0.39 is 0 Å². The van der Waals surface area contributed by atoms with E-state index in [2.05, 4.69) is 32.7 Å². The maximum atomic E-state index is 6.82. The van der Waals surface area contributed by atoms with Gasteiger partial charge in [-0.2, -0.15) is 52.1 Å². The number of halogens is 2. The first kappa shape index (κ1) is 70.3. The number of hydrogen-bond acceptors (Lipinski definition) is 0. The van der Waals surface area contributed by atoms with Crippen LogP contribution in [0.3, 0.4) is 0 Å². The van der Waals surface area contributed by atoms with E-state index in [9.17, 15) is 0 Å². The summed E-state index contributed by atoms with van der Waals surface area (Å²) in [6.07, 6.45) is 11.7. The van der Waals surface area contributed by atoms with Crippen LogP contribution in [0, 0.1) is 13.8 Å². The average molecular weight is 927 g/mol. The molecule has 15 heteroatoms. The number of rotatable bonds is 12. The summed E-state index contributed by atoms with van der Waals surface area (Å²) in [6.45, 7) is 9.61. The standard InChI is InChI=1S/2C7H15N.2C2H6N2.2ClH.Co.4H2N.2Pt/c2*1-2-3-4-5-6-7-8;2*3-1-2-4;;;;;;;;;/h2*8H,1-7H2;2*3-4H,1-2H2;2*1H;;4*1H2;;/q4*-2;;;;4*-1;2*+1/p-2. The largest absolute Gasteiger partial charge is 0.693 e. The molecular formula is C18H50Cl2CoN10Pt2-12. The van der Waals surface area contributed by atoms with E-state index in [4.69, 9.17) is 34.4 Å². The fourth-order valence-electron chi connectivity index (χ4n) is 1.31. The molecule has 10 nitrogen and oxygen atoms in total. The van der Waals surface area contributed by atoms with Crippen molar-refractivity contribution >= 4 is 18.8 Å². The Balaban J connectivity index is -0.0000000203. The Kier molecular flexibility index (Phi) is 243. The summed E-state index contributed by atoms with van der Waals surface area (Å²) in [5.41, 5.74) is 38.7. The van der Waals surface area contributed by atoms with E-state index in [1.54, 1.807) is 37.5 Å². The van der Waals surface area contributed by atoms with E-state index in [1.165, 1.54) is 38.5 Å².